The van der Waals surface area contributed by atoms with Crippen LogP contribution < -0.4 is 4.74 Å². The number of nitrogens with zero attached hydrogens (tertiary/aromatic N) is 4. The van der Waals surface area contributed by atoms with E-state index in [9.17, 15) is 0 Å². The van der Waals surface area contributed by atoms with Gasteiger partial charge in [0.2, 0.25) is 5.89 Å². The van der Waals surface area contributed by atoms with E-state index < -0.39 is 0 Å². The number of aromatic nitrogens is 2. The standard InChI is InChI=1S/C25H32N4O3/c1-4-31-19(2)25-26-24(32-27-25)18-29-14-12-28(13-15-29)17-22-16-21(10-11-23(22)30-3)20-8-6-5-7-9-20/h5-11,16,19H,4,12-15,17-18H2,1-3H3. The van der Waals surface area contributed by atoms with E-state index >= 15 is 0 Å². The summed E-state index contributed by atoms with van der Waals surface area (Å²) in [5.74, 6) is 2.21. The topological polar surface area (TPSA) is 63.9 Å². The van der Waals surface area contributed by atoms with Crippen molar-refractivity contribution in [1.29, 1.82) is 0 Å². The second-order valence-electron chi connectivity index (χ2n) is 8.09. The third-order valence-electron chi connectivity index (χ3n) is 5.87. The molecule has 32 heavy (non-hydrogen) atoms. The van der Waals surface area contributed by atoms with Gasteiger partial charge in [-0.2, -0.15) is 4.98 Å². The van der Waals surface area contributed by atoms with Crippen molar-refractivity contribution in [2.24, 2.45) is 0 Å². The van der Waals surface area contributed by atoms with Crippen molar-refractivity contribution in [3.8, 4) is 16.9 Å². The molecule has 1 unspecified atom stereocenters. The van der Waals surface area contributed by atoms with Crippen molar-refractivity contribution >= 4 is 0 Å². The number of hydrogen-bond acceptors (Lipinski definition) is 7. The maximum atomic E-state index is 5.64. The van der Waals surface area contributed by atoms with Crippen LogP contribution in [0, 0.1) is 0 Å². The zero-order chi connectivity index (χ0) is 22.3. The van der Waals surface area contributed by atoms with Crippen molar-refractivity contribution in [3.63, 3.8) is 0 Å². The first kappa shape index (κ1) is 22.5. The Hall–Kier alpha value is -2.74. The molecule has 2 heterocycles. The first-order valence-corrected chi connectivity index (χ1v) is 11.3. The van der Waals surface area contributed by atoms with Gasteiger partial charge in [0.25, 0.3) is 0 Å². The Bertz CT molecular complexity index is 984. The normalized spacial score (nSPS) is 16.2. The molecular weight excluding hydrogens is 404 g/mol. The number of benzene rings is 2. The molecule has 1 aromatic heterocycles. The molecule has 0 radical (unpaired) electrons. The Morgan fingerprint density at radius 3 is 2.38 bits per heavy atom. The summed E-state index contributed by atoms with van der Waals surface area (Å²) in [4.78, 5) is 9.33. The van der Waals surface area contributed by atoms with Crippen LogP contribution in [0.3, 0.4) is 0 Å². The molecule has 4 rings (SSSR count). The Morgan fingerprint density at radius 2 is 1.69 bits per heavy atom. The van der Waals surface area contributed by atoms with Crippen molar-refractivity contribution in [3.05, 3.63) is 65.8 Å². The lowest BCUT2D eigenvalue weighted by Crippen LogP contribution is -2.45. The summed E-state index contributed by atoms with van der Waals surface area (Å²) in [7, 11) is 1.74. The van der Waals surface area contributed by atoms with E-state index in [1.54, 1.807) is 7.11 Å². The van der Waals surface area contributed by atoms with Gasteiger partial charge in [0.1, 0.15) is 11.9 Å². The monoisotopic (exact) mass is 436 g/mol. The lowest BCUT2D eigenvalue weighted by atomic mass is 10.0. The third-order valence-corrected chi connectivity index (χ3v) is 5.87. The number of piperazine rings is 1. The summed E-state index contributed by atoms with van der Waals surface area (Å²) >= 11 is 0. The maximum Gasteiger partial charge on any atom is 0.240 e. The molecule has 0 N–H and O–H groups in total. The Balaban J connectivity index is 1.34. The zero-order valence-electron chi connectivity index (χ0n) is 19.2. The van der Waals surface area contributed by atoms with E-state index in [4.69, 9.17) is 14.0 Å². The Kier molecular flexibility index (Phi) is 7.52. The van der Waals surface area contributed by atoms with Crippen molar-refractivity contribution in [1.82, 2.24) is 19.9 Å². The van der Waals surface area contributed by atoms with Gasteiger partial charge < -0.3 is 14.0 Å². The number of rotatable bonds is 9. The molecule has 0 amide bonds. The first-order chi connectivity index (χ1) is 15.7. The minimum absolute atomic E-state index is 0.143. The van der Waals surface area contributed by atoms with Gasteiger partial charge in [0.05, 0.1) is 13.7 Å². The van der Waals surface area contributed by atoms with E-state index in [2.05, 4.69) is 62.4 Å². The SMILES string of the molecule is CCOC(C)c1noc(CN2CCN(Cc3cc(-c4ccccc4)ccc3OC)CC2)n1. The van der Waals surface area contributed by atoms with Gasteiger partial charge in [0, 0.05) is 44.9 Å². The second kappa shape index (κ2) is 10.7. The minimum atomic E-state index is -0.143. The Labute approximate surface area is 189 Å². The molecule has 1 saturated heterocycles. The summed E-state index contributed by atoms with van der Waals surface area (Å²) < 4.78 is 16.6. The molecule has 1 aliphatic heterocycles. The lowest BCUT2D eigenvalue weighted by molar-refractivity contribution is 0.0683. The highest BCUT2D eigenvalue weighted by Crippen LogP contribution is 2.28. The molecule has 1 fully saturated rings. The molecule has 1 aliphatic rings. The quantitative estimate of drug-likeness (QED) is 0.499. The van der Waals surface area contributed by atoms with Gasteiger partial charge in [-0.1, -0.05) is 41.6 Å². The Morgan fingerprint density at radius 1 is 0.969 bits per heavy atom. The van der Waals surface area contributed by atoms with Crippen LogP contribution in [0.1, 0.15) is 37.2 Å². The second-order valence-corrected chi connectivity index (χ2v) is 8.09. The fourth-order valence-electron chi connectivity index (χ4n) is 4.07. The van der Waals surface area contributed by atoms with Gasteiger partial charge in [-0.15, -0.1) is 0 Å². The average Bonchev–Trinajstić information content (AvgIpc) is 3.30. The van der Waals surface area contributed by atoms with E-state index in [-0.39, 0.29) is 6.10 Å². The van der Waals surface area contributed by atoms with Crippen LogP contribution in [-0.4, -0.2) is 59.8 Å². The summed E-state index contributed by atoms with van der Waals surface area (Å²) in [5, 5.41) is 4.06. The molecular formula is C25H32N4O3. The summed E-state index contributed by atoms with van der Waals surface area (Å²) in [5.41, 5.74) is 3.65. The molecule has 1 atom stereocenters. The third kappa shape index (κ3) is 5.54. The molecule has 0 saturated carbocycles. The van der Waals surface area contributed by atoms with Crippen molar-refractivity contribution in [2.75, 3.05) is 39.9 Å². The van der Waals surface area contributed by atoms with Crippen LogP contribution >= 0.6 is 0 Å². The summed E-state index contributed by atoms with van der Waals surface area (Å²) in [6, 6.07) is 16.9. The van der Waals surface area contributed by atoms with Crippen LogP contribution in [-0.2, 0) is 17.8 Å². The highest BCUT2D eigenvalue weighted by atomic mass is 16.5. The lowest BCUT2D eigenvalue weighted by Gasteiger charge is -2.34. The highest BCUT2D eigenvalue weighted by Gasteiger charge is 2.21. The van der Waals surface area contributed by atoms with Crippen LogP contribution in [0.2, 0.25) is 0 Å². The molecule has 0 aliphatic carbocycles. The first-order valence-electron chi connectivity index (χ1n) is 11.3. The van der Waals surface area contributed by atoms with Crippen molar-refractivity contribution < 1.29 is 14.0 Å². The maximum absolute atomic E-state index is 5.64. The van der Waals surface area contributed by atoms with Gasteiger partial charge in [0.15, 0.2) is 5.82 Å². The van der Waals surface area contributed by atoms with Crippen molar-refractivity contribution in [2.45, 2.75) is 33.0 Å². The van der Waals surface area contributed by atoms with E-state index in [1.807, 2.05) is 19.9 Å². The van der Waals surface area contributed by atoms with E-state index in [0.717, 1.165) is 38.5 Å². The predicted octanol–water partition coefficient (Wildman–Crippen LogP) is 4.16. The van der Waals surface area contributed by atoms with E-state index in [1.165, 1.54) is 16.7 Å². The fraction of sp³-hybridized carbons (Fsp3) is 0.440. The van der Waals surface area contributed by atoms with Crippen LogP contribution in [0.15, 0.2) is 53.1 Å². The fourth-order valence-corrected chi connectivity index (χ4v) is 4.07. The van der Waals surface area contributed by atoms with Gasteiger partial charge in [-0.05, 0) is 37.1 Å². The minimum Gasteiger partial charge on any atom is -0.496 e. The van der Waals surface area contributed by atoms with Gasteiger partial charge >= 0.3 is 0 Å². The molecule has 170 valence electrons. The van der Waals surface area contributed by atoms with E-state index in [0.29, 0.717) is 24.9 Å². The average molecular weight is 437 g/mol. The smallest absolute Gasteiger partial charge is 0.240 e. The van der Waals surface area contributed by atoms with Crippen LogP contribution in [0.5, 0.6) is 5.75 Å². The summed E-state index contributed by atoms with van der Waals surface area (Å²) in [6.45, 7) is 9.96. The number of methoxy groups -OCH3 is 1. The van der Waals surface area contributed by atoms with Crippen LogP contribution in [0.4, 0.5) is 0 Å². The summed E-state index contributed by atoms with van der Waals surface area (Å²) in [6.07, 6.45) is -0.143. The van der Waals surface area contributed by atoms with Gasteiger partial charge in [-0.25, -0.2) is 0 Å². The molecule has 0 bridgehead atoms. The zero-order valence-corrected chi connectivity index (χ0v) is 19.2. The molecule has 7 nitrogen and oxygen atoms in total. The van der Waals surface area contributed by atoms with Crippen LogP contribution in [0.25, 0.3) is 11.1 Å². The predicted molar refractivity (Wildman–Crippen MR) is 123 cm³/mol. The molecule has 0 spiro atoms. The molecule has 2 aromatic carbocycles. The molecule has 3 aromatic rings. The molecule has 7 heteroatoms. The highest BCUT2D eigenvalue weighted by molar-refractivity contribution is 5.65. The number of ether oxygens (including phenoxy) is 2. The largest absolute Gasteiger partial charge is 0.496 e. The van der Waals surface area contributed by atoms with Gasteiger partial charge in [-0.3, -0.25) is 9.80 Å². The number of hydrogen-bond donors (Lipinski definition) is 0.